The lowest BCUT2D eigenvalue weighted by molar-refractivity contribution is -0.115. The molecule has 1 aromatic heterocycles. The van der Waals surface area contributed by atoms with E-state index < -0.39 is 0 Å². The lowest BCUT2D eigenvalue weighted by Gasteiger charge is -2.07. The van der Waals surface area contributed by atoms with Crippen molar-refractivity contribution in [2.45, 2.75) is 27.2 Å². The SMILES string of the molecule is COc1ccc(CC(=O)Nc2nnc(-c3ccc(C)c(C)c3)o2)cc1C. The summed E-state index contributed by atoms with van der Waals surface area (Å²) in [5.74, 6) is 0.956. The summed E-state index contributed by atoms with van der Waals surface area (Å²) in [5, 5.41) is 10.6. The van der Waals surface area contributed by atoms with Crippen LogP contribution < -0.4 is 10.1 Å². The van der Waals surface area contributed by atoms with Gasteiger partial charge in [0.15, 0.2) is 0 Å². The number of nitrogens with zero attached hydrogens (tertiary/aromatic N) is 2. The zero-order valence-electron chi connectivity index (χ0n) is 15.3. The molecule has 0 unspecified atom stereocenters. The first-order valence-electron chi connectivity index (χ1n) is 8.31. The summed E-state index contributed by atoms with van der Waals surface area (Å²) in [5.41, 5.74) is 5.02. The van der Waals surface area contributed by atoms with E-state index in [9.17, 15) is 4.79 Å². The van der Waals surface area contributed by atoms with Gasteiger partial charge >= 0.3 is 6.01 Å². The number of aryl methyl sites for hydroxylation is 3. The van der Waals surface area contributed by atoms with Gasteiger partial charge in [0.25, 0.3) is 0 Å². The number of rotatable bonds is 5. The van der Waals surface area contributed by atoms with Gasteiger partial charge in [0, 0.05) is 5.56 Å². The third-order valence-electron chi connectivity index (χ3n) is 4.25. The second kappa shape index (κ2) is 7.39. The fourth-order valence-corrected chi connectivity index (χ4v) is 2.66. The van der Waals surface area contributed by atoms with Gasteiger partial charge in [0.05, 0.1) is 13.5 Å². The Kier molecular flexibility index (Phi) is 5.02. The van der Waals surface area contributed by atoms with Crippen molar-refractivity contribution in [3.8, 4) is 17.2 Å². The largest absolute Gasteiger partial charge is 0.496 e. The number of hydrogen-bond donors (Lipinski definition) is 1. The van der Waals surface area contributed by atoms with Crippen molar-refractivity contribution in [2.24, 2.45) is 0 Å². The molecule has 1 amide bonds. The van der Waals surface area contributed by atoms with Crippen molar-refractivity contribution in [1.82, 2.24) is 10.2 Å². The minimum Gasteiger partial charge on any atom is -0.496 e. The lowest BCUT2D eigenvalue weighted by atomic mass is 10.1. The standard InChI is InChI=1S/C20H21N3O3/c1-12-5-7-16(10-13(12)2)19-22-23-20(26-19)21-18(24)11-15-6-8-17(25-4)14(3)9-15/h5-10H,11H2,1-4H3,(H,21,23,24). The first-order chi connectivity index (χ1) is 12.5. The molecule has 0 aliphatic heterocycles. The van der Waals surface area contributed by atoms with Crippen molar-refractivity contribution < 1.29 is 13.9 Å². The van der Waals surface area contributed by atoms with Crippen LogP contribution in [-0.2, 0) is 11.2 Å². The third-order valence-corrected chi connectivity index (χ3v) is 4.25. The smallest absolute Gasteiger partial charge is 0.322 e. The van der Waals surface area contributed by atoms with E-state index in [4.69, 9.17) is 9.15 Å². The summed E-state index contributed by atoms with van der Waals surface area (Å²) in [7, 11) is 1.62. The Morgan fingerprint density at radius 3 is 2.54 bits per heavy atom. The van der Waals surface area contributed by atoms with E-state index >= 15 is 0 Å². The van der Waals surface area contributed by atoms with Crippen LogP contribution in [0.25, 0.3) is 11.5 Å². The average molecular weight is 351 g/mol. The number of anilines is 1. The van der Waals surface area contributed by atoms with E-state index in [-0.39, 0.29) is 18.3 Å². The molecule has 0 saturated carbocycles. The summed E-state index contributed by atoms with van der Waals surface area (Å²) >= 11 is 0. The van der Waals surface area contributed by atoms with Crippen LogP contribution in [0.15, 0.2) is 40.8 Å². The number of amides is 1. The fourth-order valence-electron chi connectivity index (χ4n) is 2.66. The monoisotopic (exact) mass is 351 g/mol. The normalized spacial score (nSPS) is 10.6. The van der Waals surface area contributed by atoms with Gasteiger partial charge in [-0.2, -0.15) is 0 Å². The summed E-state index contributed by atoms with van der Waals surface area (Å²) < 4.78 is 10.8. The van der Waals surface area contributed by atoms with E-state index in [1.54, 1.807) is 7.11 Å². The molecule has 1 heterocycles. The minimum atomic E-state index is -0.218. The Hall–Kier alpha value is -3.15. The zero-order chi connectivity index (χ0) is 18.7. The van der Waals surface area contributed by atoms with Gasteiger partial charge in [-0.3, -0.25) is 10.1 Å². The van der Waals surface area contributed by atoms with Crippen LogP contribution in [0, 0.1) is 20.8 Å². The first-order valence-corrected chi connectivity index (χ1v) is 8.31. The molecule has 0 bridgehead atoms. The van der Waals surface area contributed by atoms with Crippen molar-refractivity contribution in [3.63, 3.8) is 0 Å². The van der Waals surface area contributed by atoms with Crippen molar-refractivity contribution in [1.29, 1.82) is 0 Å². The van der Waals surface area contributed by atoms with Gasteiger partial charge < -0.3 is 9.15 Å². The molecule has 26 heavy (non-hydrogen) atoms. The molecule has 0 saturated heterocycles. The molecule has 2 aromatic carbocycles. The van der Waals surface area contributed by atoms with Gasteiger partial charge in [-0.05, 0) is 61.2 Å². The highest BCUT2D eigenvalue weighted by molar-refractivity contribution is 5.90. The fraction of sp³-hybridized carbons (Fsp3) is 0.250. The molecule has 134 valence electrons. The summed E-state index contributed by atoms with van der Waals surface area (Å²) in [6, 6.07) is 11.6. The molecular weight excluding hydrogens is 330 g/mol. The van der Waals surface area contributed by atoms with Crippen molar-refractivity contribution in [2.75, 3.05) is 12.4 Å². The number of ether oxygens (including phenoxy) is 1. The Labute approximate surface area is 152 Å². The Morgan fingerprint density at radius 2 is 1.85 bits per heavy atom. The molecule has 0 atom stereocenters. The number of methoxy groups -OCH3 is 1. The molecule has 3 rings (SSSR count). The second-order valence-corrected chi connectivity index (χ2v) is 6.24. The number of benzene rings is 2. The highest BCUT2D eigenvalue weighted by Crippen LogP contribution is 2.23. The Balaban J connectivity index is 1.67. The van der Waals surface area contributed by atoms with Crippen LogP contribution in [0.3, 0.4) is 0 Å². The minimum absolute atomic E-state index is 0.0912. The summed E-state index contributed by atoms with van der Waals surface area (Å²) in [6.07, 6.45) is 0.214. The predicted molar refractivity (Wildman–Crippen MR) is 99.3 cm³/mol. The molecule has 1 N–H and O–H groups in total. The van der Waals surface area contributed by atoms with Gasteiger partial charge in [-0.15, -0.1) is 5.10 Å². The van der Waals surface area contributed by atoms with Crippen LogP contribution in [0.4, 0.5) is 6.01 Å². The number of carbonyl (C=O) groups excluding carboxylic acids is 1. The molecule has 6 nitrogen and oxygen atoms in total. The predicted octanol–water partition coefficient (Wildman–Crippen LogP) is 3.85. The molecule has 3 aromatic rings. The van der Waals surface area contributed by atoms with Gasteiger partial charge in [0.1, 0.15) is 5.75 Å². The van der Waals surface area contributed by atoms with E-state index in [1.807, 2.05) is 57.2 Å². The number of aromatic nitrogens is 2. The van der Waals surface area contributed by atoms with E-state index in [0.29, 0.717) is 5.89 Å². The quantitative estimate of drug-likeness (QED) is 0.755. The van der Waals surface area contributed by atoms with Gasteiger partial charge in [-0.1, -0.05) is 23.3 Å². The molecule has 0 spiro atoms. The topological polar surface area (TPSA) is 77.2 Å². The Bertz CT molecular complexity index is 947. The zero-order valence-corrected chi connectivity index (χ0v) is 15.3. The molecular formula is C20H21N3O3. The molecule has 0 aliphatic rings. The lowest BCUT2D eigenvalue weighted by Crippen LogP contribution is -2.14. The van der Waals surface area contributed by atoms with E-state index in [0.717, 1.165) is 28.0 Å². The maximum Gasteiger partial charge on any atom is 0.322 e. The van der Waals surface area contributed by atoms with Crippen LogP contribution in [-0.4, -0.2) is 23.2 Å². The summed E-state index contributed by atoms with van der Waals surface area (Å²) in [6.45, 7) is 6.00. The molecule has 6 heteroatoms. The van der Waals surface area contributed by atoms with Crippen LogP contribution in [0.1, 0.15) is 22.3 Å². The maximum atomic E-state index is 12.2. The van der Waals surface area contributed by atoms with Crippen molar-refractivity contribution in [3.05, 3.63) is 58.7 Å². The van der Waals surface area contributed by atoms with Gasteiger partial charge in [-0.25, -0.2) is 0 Å². The third kappa shape index (κ3) is 3.91. The number of carbonyl (C=O) groups is 1. The average Bonchev–Trinajstić information content (AvgIpc) is 3.06. The van der Waals surface area contributed by atoms with Crippen LogP contribution in [0.5, 0.6) is 5.75 Å². The highest BCUT2D eigenvalue weighted by atomic mass is 16.5. The number of hydrogen-bond acceptors (Lipinski definition) is 5. The van der Waals surface area contributed by atoms with Crippen LogP contribution >= 0.6 is 0 Å². The molecule has 0 radical (unpaired) electrons. The molecule has 0 aliphatic carbocycles. The van der Waals surface area contributed by atoms with E-state index in [2.05, 4.69) is 15.5 Å². The van der Waals surface area contributed by atoms with Crippen molar-refractivity contribution >= 4 is 11.9 Å². The van der Waals surface area contributed by atoms with Crippen LogP contribution in [0.2, 0.25) is 0 Å². The Morgan fingerprint density at radius 1 is 1.04 bits per heavy atom. The van der Waals surface area contributed by atoms with E-state index in [1.165, 1.54) is 5.56 Å². The summed E-state index contributed by atoms with van der Waals surface area (Å²) in [4.78, 5) is 12.2. The first kappa shape index (κ1) is 17.7. The number of nitrogens with one attached hydrogen (secondary N) is 1. The molecule has 0 fully saturated rings. The highest BCUT2D eigenvalue weighted by Gasteiger charge is 2.13. The second-order valence-electron chi connectivity index (χ2n) is 6.24. The maximum absolute atomic E-state index is 12.2. The van der Waals surface area contributed by atoms with Gasteiger partial charge in [0.2, 0.25) is 11.8 Å².